The molecule has 0 bridgehead atoms. The molecule has 1 saturated heterocycles. The molecule has 0 aromatic heterocycles. The van der Waals surface area contributed by atoms with E-state index < -0.39 is 10.0 Å². The van der Waals surface area contributed by atoms with E-state index in [1.165, 1.54) is 4.31 Å². The Balaban J connectivity index is 1.69. The molecule has 0 amide bonds. The lowest BCUT2D eigenvalue weighted by Crippen LogP contribution is -2.27. The van der Waals surface area contributed by atoms with Gasteiger partial charge in [-0.3, -0.25) is 0 Å². The van der Waals surface area contributed by atoms with Crippen LogP contribution in [0.3, 0.4) is 0 Å². The van der Waals surface area contributed by atoms with Gasteiger partial charge >= 0.3 is 0 Å². The Bertz CT molecular complexity index is 1030. The van der Waals surface area contributed by atoms with Gasteiger partial charge in [-0.15, -0.1) is 0 Å². The monoisotopic (exact) mass is 473 g/mol. The summed E-state index contributed by atoms with van der Waals surface area (Å²) in [4.78, 5) is 0. The molecule has 1 aliphatic rings. The number of rotatable bonds is 8. The summed E-state index contributed by atoms with van der Waals surface area (Å²) in [5, 5.41) is 0. The third kappa shape index (κ3) is 4.98. The predicted molar refractivity (Wildman–Crippen MR) is 117 cm³/mol. The third-order valence-corrected chi connectivity index (χ3v) is 6.60. The van der Waals surface area contributed by atoms with Crippen LogP contribution in [0.1, 0.15) is 5.56 Å². The Kier molecular flexibility index (Phi) is 5.89. The Morgan fingerprint density at radius 1 is 0.966 bits per heavy atom. The highest BCUT2D eigenvalue weighted by molar-refractivity contribution is 9.10. The number of sulfonamides is 1. The molecule has 1 atom stereocenters. The summed E-state index contributed by atoms with van der Waals surface area (Å²) < 4.78 is 40.3. The fraction of sp³-hybridized carbons (Fsp3) is 0.182. The minimum absolute atomic E-state index is 0.0866. The van der Waals surface area contributed by atoms with E-state index in [-0.39, 0.29) is 11.9 Å². The topological polar surface area (TPSA) is 59.1 Å². The van der Waals surface area contributed by atoms with Crippen LogP contribution in [0.15, 0.2) is 83.3 Å². The zero-order chi connectivity index (χ0) is 20.3. The van der Waals surface area contributed by atoms with Gasteiger partial charge in [0.25, 0.3) is 0 Å². The summed E-state index contributed by atoms with van der Waals surface area (Å²) in [5.74, 6) is 0.352. The average Bonchev–Trinajstić information content (AvgIpc) is 3.54. The lowest BCUT2D eigenvalue weighted by Gasteiger charge is -2.25. The molecule has 0 saturated carbocycles. The first kappa shape index (κ1) is 19.9. The number of anilines is 2. The smallest absolute Gasteiger partial charge is 0.243 e. The van der Waals surface area contributed by atoms with Crippen molar-refractivity contribution in [1.29, 1.82) is 0 Å². The first-order chi connectivity index (χ1) is 14.0. The fourth-order valence-electron chi connectivity index (χ4n) is 2.99. The first-order valence-corrected chi connectivity index (χ1v) is 11.6. The lowest BCUT2D eigenvalue weighted by atomic mass is 10.2. The van der Waals surface area contributed by atoms with Gasteiger partial charge in [-0.05, 0) is 36.4 Å². The van der Waals surface area contributed by atoms with Crippen molar-refractivity contribution in [1.82, 2.24) is 0 Å². The van der Waals surface area contributed by atoms with Crippen molar-refractivity contribution in [2.24, 2.45) is 0 Å². The number of benzene rings is 3. The molecule has 150 valence electrons. The van der Waals surface area contributed by atoms with E-state index in [0.29, 0.717) is 35.9 Å². The zero-order valence-electron chi connectivity index (χ0n) is 15.6. The summed E-state index contributed by atoms with van der Waals surface area (Å²) in [6, 6.07) is 23.6. The maximum absolute atomic E-state index is 13.5. The van der Waals surface area contributed by atoms with E-state index in [9.17, 15) is 8.42 Å². The largest absolute Gasteiger partial charge is 0.490 e. The maximum atomic E-state index is 13.5. The van der Waals surface area contributed by atoms with Crippen LogP contribution in [0.5, 0.6) is 5.75 Å². The normalized spacial score (nSPS) is 15.7. The van der Waals surface area contributed by atoms with Crippen molar-refractivity contribution in [3.05, 3.63) is 88.9 Å². The van der Waals surface area contributed by atoms with E-state index in [4.69, 9.17) is 9.47 Å². The van der Waals surface area contributed by atoms with Crippen molar-refractivity contribution in [2.45, 2.75) is 11.9 Å². The molecular weight excluding hydrogens is 454 g/mol. The van der Waals surface area contributed by atoms with Crippen LogP contribution in [-0.2, 0) is 20.5 Å². The summed E-state index contributed by atoms with van der Waals surface area (Å²) in [6.07, 6.45) is 0.0866. The lowest BCUT2D eigenvalue weighted by molar-refractivity contribution is 0.261. The number of epoxide rings is 1. The second-order valence-corrected chi connectivity index (χ2v) is 9.44. The van der Waals surface area contributed by atoms with Gasteiger partial charge in [0.2, 0.25) is 10.0 Å². The van der Waals surface area contributed by atoms with Crippen LogP contribution < -0.4 is 9.04 Å². The second-order valence-electron chi connectivity index (χ2n) is 6.71. The number of para-hydroxylation sites is 2. The number of ether oxygens (including phenoxy) is 2. The fourth-order valence-corrected chi connectivity index (χ4v) is 4.97. The van der Waals surface area contributed by atoms with Crippen LogP contribution in [0.2, 0.25) is 0 Å². The number of halogens is 1. The number of hydrogen-bond acceptors (Lipinski definition) is 4. The SMILES string of the molecule is O=S(=O)(Cc1ccc(Br)cc1OCC1CO1)N(c1ccccc1)c1ccccc1. The van der Waals surface area contributed by atoms with Crippen molar-refractivity contribution in [3.63, 3.8) is 0 Å². The molecule has 1 fully saturated rings. The average molecular weight is 474 g/mol. The van der Waals surface area contributed by atoms with Crippen molar-refractivity contribution in [2.75, 3.05) is 17.5 Å². The van der Waals surface area contributed by atoms with E-state index >= 15 is 0 Å². The highest BCUT2D eigenvalue weighted by atomic mass is 79.9. The van der Waals surface area contributed by atoms with E-state index in [1.54, 1.807) is 36.4 Å². The highest BCUT2D eigenvalue weighted by Crippen LogP contribution is 2.33. The molecule has 1 aliphatic heterocycles. The second kappa shape index (κ2) is 8.57. The summed E-state index contributed by atoms with van der Waals surface area (Å²) in [5.41, 5.74) is 1.78. The number of hydrogen-bond donors (Lipinski definition) is 0. The quantitative estimate of drug-likeness (QED) is 0.436. The summed E-state index contributed by atoms with van der Waals surface area (Å²) in [6.45, 7) is 1.09. The molecule has 0 radical (unpaired) electrons. The Morgan fingerprint density at radius 2 is 1.55 bits per heavy atom. The van der Waals surface area contributed by atoms with Crippen molar-refractivity contribution < 1.29 is 17.9 Å². The Hall–Kier alpha value is -2.35. The minimum atomic E-state index is -3.73. The van der Waals surface area contributed by atoms with Crippen LogP contribution >= 0.6 is 15.9 Å². The van der Waals surface area contributed by atoms with E-state index in [0.717, 1.165) is 4.47 Å². The van der Waals surface area contributed by atoms with Crippen LogP contribution in [0, 0.1) is 0 Å². The van der Waals surface area contributed by atoms with Gasteiger partial charge in [-0.2, -0.15) is 0 Å². The van der Waals surface area contributed by atoms with E-state index in [2.05, 4.69) is 15.9 Å². The number of nitrogens with zero attached hydrogens (tertiary/aromatic N) is 1. The predicted octanol–water partition coefficient (Wildman–Crippen LogP) is 4.89. The first-order valence-electron chi connectivity index (χ1n) is 9.19. The van der Waals surface area contributed by atoms with Gasteiger partial charge in [0.15, 0.2) is 0 Å². The van der Waals surface area contributed by atoms with Crippen LogP contribution in [-0.4, -0.2) is 27.7 Å². The molecule has 7 heteroatoms. The van der Waals surface area contributed by atoms with Crippen molar-refractivity contribution in [3.8, 4) is 5.75 Å². The zero-order valence-corrected chi connectivity index (χ0v) is 18.0. The van der Waals surface area contributed by atoms with Gasteiger partial charge in [0.05, 0.1) is 23.7 Å². The molecule has 3 aromatic carbocycles. The molecule has 1 unspecified atom stereocenters. The molecule has 1 heterocycles. The minimum Gasteiger partial charge on any atom is -0.490 e. The van der Waals surface area contributed by atoms with Crippen LogP contribution in [0.25, 0.3) is 0 Å². The third-order valence-electron chi connectivity index (χ3n) is 4.45. The summed E-state index contributed by atoms with van der Waals surface area (Å²) in [7, 11) is -3.73. The molecule has 0 aliphatic carbocycles. The molecule has 0 spiro atoms. The highest BCUT2D eigenvalue weighted by Gasteiger charge is 2.27. The van der Waals surface area contributed by atoms with Gasteiger partial charge in [-0.1, -0.05) is 58.4 Å². The standard InChI is InChI=1S/C22H20BrNO4S/c23-18-12-11-17(22(13-18)28-15-21-14-27-21)16-29(25,26)24(19-7-3-1-4-8-19)20-9-5-2-6-10-20/h1-13,21H,14-16H2. The van der Waals surface area contributed by atoms with Gasteiger partial charge < -0.3 is 9.47 Å². The van der Waals surface area contributed by atoms with Crippen LogP contribution in [0.4, 0.5) is 11.4 Å². The molecule has 4 rings (SSSR count). The molecular formula is C22H20BrNO4S. The molecule has 3 aromatic rings. The van der Waals surface area contributed by atoms with Gasteiger partial charge in [-0.25, -0.2) is 12.7 Å². The van der Waals surface area contributed by atoms with Gasteiger partial charge in [0, 0.05) is 10.0 Å². The molecule has 5 nitrogen and oxygen atoms in total. The summed E-state index contributed by atoms with van der Waals surface area (Å²) >= 11 is 3.43. The Morgan fingerprint density at radius 3 is 2.10 bits per heavy atom. The Labute approximate surface area is 179 Å². The molecule has 29 heavy (non-hydrogen) atoms. The molecule has 0 N–H and O–H groups in total. The van der Waals surface area contributed by atoms with Gasteiger partial charge in [0.1, 0.15) is 18.5 Å². The maximum Gasteiger partial charge on any atom is 0.243 e. The van der Waals surface area contributed by atoms with E-state index in [1.807, 2.05) is 42.5 Å². The van der Waals surface area contributed by atoms with Crippen molar-refractivity contribution >= 4 is 37.3 Å².